The summed E-state index contributed by atoms with van der Waals surface area (Å²) >= 11 is 0. The zero-order chi connectivity index (χ0) is 18.7. The topological polar surface area (TPSA) is 98.2 Å². The molecule has 132 valence electrons. The van der Waals surface area contributed by atoms with Gasteiger partial charge in [-0.05, 0) is 56.0 Å². The first-order valence-corrected chi connectivity index (χ1v) is 7.76. The molecule has 7 heteroatoms. The minimum atomic E-state index is -0.735. The minimum Gasteiger partial charge on any atom is -0.456 e. The van der Waals surface area contributed by atoms with E-state index in [0.29, 0.717) is 5.56 Å². The molecule has 0 unspecified atom stereocenters. The molecule has 25 heavy (non-hydrogen) atoms. The Morgan fingerprint density at radius 3 is 2.40 bits per heavy atom. The molecule has 1 N–H and O–H groups in total. The smallest absolute Gasteiger partial charge is 0.328 e. The van der Waals surface area contributed by atoms with Crippen molar-refractivity contribution in [3.63, 3.8) is 0 Å². The number of hydrogen-bond acceptors (Lipinski definition) is 5. The van der Waals surface area contributed by atoms with Gasteiger partial charge in [-0.3, -0.25) is 23.9 Å². The number of aromatic amines is 1. The molecule has 1 aromatic heterocycles. The molecule has 0 aliphatic carbocycles. The van der Waals surface area contributed by atoms with Crippen LogP contribution in [0.2, 0.25) is 0 Å². The third-order valence-electron chi connectivity index (χ3n) is 4.34. The molecule has 0 saturated carbocycles. The third kappa shape index (κ3) is 4.12. The lowest BCUT2D eigenvalue weighted by Crippen LogP contribution is -2.31. The number of aromatic nitrogens is 2. The maximum absolute atomic E-state index is 12.4. The monoisotopic (exact) mass is 344 g/mol. The highest BCUT2D eigenvalue weighted by Crippen LogP contribution is 2.21. The van der Waals surface area contributed by atoms with E-state index in [0.717, 1.165) is 32.9 Å². The van der Waals surface area contributed by atoms with Crippen molar-refractivity contribution >= 4 is 11.8 Å². The Morgan fingerprint density at radius 1 is 1.08 bits per heavy atom. The molecular formula is C18H20N2O5. The average molecular weight is 344 g/mol. The number of carbonyl (C=O) groups excluding carboxylic acids is 2. The number of aryl methyl sites for hydroxylation is 1. The quantitative estimate of drug-likeness (QED) is 0.649. The number of nitrogens with zero attached hydrogens (tertiary/aromatic N) is 1. The van der Waals surface area contributed by atoms with Gasteiger partial charge in [0.15, 0.2) is 6.61 Å². The highest BCUT2D eigenvalue weighted by molar-refractivity contribution is 5.99. The number of nitrogens with one attached hydrogen (secondary N) is 1. The zero-order valence-corrected chi connectivity index (χ0v) is 14.6. The lowest BCUT2D eigenvalue weighted by atomic mass is 9.93. The molecule has 0 atom stereocenters. The molecule has 1 aromatic carbocycles. The summed E-state index contributed by atoms with van der Waals surface area (Å²) in [5.74, 6) is -1.04. The number of rotatable bonds is 5. The molecule has 1 heterocycles. The molecule has 0 saturated heterocycles. The molecule has 2 aromatic rings. The number of hydrogen-bond donors (Lipinski definition) is 1. The van der Waals surface area contributed by atoms with E-state index in [4.69, 9.17) is 4.74 Å². The van der Waals surface area contributed by atoms with E-state index in [1.807, 2.05) is 32.7 Å². The molecule has 7 nitrogen and oxygen atoms in total. The molecule has 0 fully saturated rings. The van der Waals surface area contributed by atoms with Gasteiger partial charge in [-0.15, -0.1) is 0 Å². The van der Waals surface area contributed by atoms with E-state index >= 15 is 0 Å². The Hall–Kier alpha value is -2.96. The van der Waals surface area contributed by atoms with Crippen LogP contribution in [0, 0.1) is 27.7 Å². The standard InChI is InChI=1S/C18H20N2O5/c1-10-7-14(13(4)12(3)11(10)2)15(21)9-25-17(23)8-20-6-5-16(22)19-18(20)24/h5-7H,8-9H2,1-4H3,(H,19,22,24). The van der Waals surface area contributed by atoms with E-state index in [-0.39, 0.29) is 12.3 Å². The first-order chi connectivity index (χ1) is 11.7. The summed E-state index contributed by atoms with van der Waals surface area (Å²) in [7, 11) is 0. The second kappa shape index (κ2) is 7.29. The molecule has 2 rings (SSSR count). The van der Waals surface area contributed by atoms with Crippen LogP contribution < -0.4 is 11.2 Å². The van der Waals surface area contributed by atoms with Gasteiger partial charge in [0.05, 0.1) is 0 Å². The van der Waals surface area contributed by atoms with Crippen LogP contribution in [-0.2, 0) is 16.1 Å². The van der Waals surface area contributed by atoms with Gasteiger partial charge < -0.3 is 4.74 Å². The summed E-state index contributed by atoms with van der Waals surface area (Å²) in [6.45, 7) is 6.94. The minimum absolute atomic E-state index is 0.300. The van der Waals surface area contributed by atoms with Gasteiger partial charge in [-0.1, -0.05) is 0 Å². The summed E-state index contributed by atoms with van der Waals surface area (Å²) < 4.78 is 5.97. The van der Waals surface area contributed by atoms with Crippen molar-refractivity contribution in [2.45, 2.75) is 34.2 Å². The van der Waals surface area contributed by atoms with Crippen LogP contribution in [0.4, 0.5) is 0 Å². The van der Waals surface area contributed by atoms with Crippen molar-refractivity contribution in [2.24, 2.45) is 0 Å². The Kier molecular flexibility index (Phi) is 5.36. The second-order valence-corrected chi connectivity index (χ2v) is 5.94. The number of benzene rings is 1. The Labute approximate surface area is 144 Å². The summed E-state index contributed by atoms with van der Waals surface area (Å²) in [6.07, 6.45) is 1.20. The van der Waals surface area contributed by atoms with Gasteiger partial charge in [0.2, 0.25) is 5.78 Å². The van der Waals surface area contributed by atoms with Crippen LogP contribution in [0.25, 0.3) is 0 Å². The molecule has 0 spiro atoms. The Bertz CT molecular complexity index is 953. The predicted octanol–water partition coefficient (Wildman–Crippen LogP) is 1.20. The van der Waals surface area contributed by atoms with Crippen molar-refractivity contribution in [3.8, 4) is 0 Å². The van der Waals surface area contributed by atoms with Crippen molar-refractivity contribution in [3.05, 3.63) is 67.0 Å². The molecule has 0 aliphatic heterocycles. The van der Waals surface area contributed by atoms with E-state index in [1.165, 1.54) is 6.20 Å². The van der Waals surface area contributed by atoms with Gasteiger partial charge in [-0.25, -0.2) is 4.79 Å². The molecule has 0 amide bonds. The number of Topliss-reactive ketones (excluding diaryl/α,β-unsaturated/α-hetero) is 1. The van der Waals surface area contributed by atoms with Gasteiger partial charge in [0.1, 0.15) is 6.54 Å². The molecule has 0 aliphatic rings. The average Bonchev–Trinajstić information content (AvgIpc) is 2.56. The van der Waals surface area contributed by atoms with E-state index in [9.17, 15) is 19.2 Å². The fourth-order valence-electron chi connectivity index (χ4n) is 2.48. The first kappa shape index (κ1) is 18.4. The van der Waals surface area contributed by atoms with Crippen molar-refractivity contribution in [2.75, 3.05) is 6.61 Å². The number of esters is 1. The van der Waals surface area contributed by atoms with E-state index in [2.05, 4.69) is 0 Å². The summed E-state index contributed by atoms with van der Waals surface area (Å²) in [5.41, 5.74) is 3.29. The largest absolute Gasteiger partial charge is 0.456 e. The van der Waals surface area contributed by atoms with Gasteiger partial charge in [-0.2, -0.15) is 0 Å². The fraction of sp³-hybridized carbons (Fsp3) is 0.333. The second-order valence-electron chi connectivity index (χ2n) is 5.94. The summed E-state index contributed by atoms with van der Waals surface area (Å²) in [5, 5.41) is 0. The van der Waals surface area contributed by atoms with E-state index in [1.54, 1.807) is 6.07 Å². The maximum atomic E-state index is 12.4. The number of ether oxygens (including phenoxy) is 1. The van der Waals surface area contributed by atoms with Crippen LogP contribution in [0.5, 0.6) is 0 Å². The van der Waals surface area contributed by atoms with E-state index < -0.39 is 23.8 Å². The van der Waals surface area contributed by atoms with Crippen molar-refractivity contribution in [1.29, 1.82) is 0 Å². The Morgan fingerprint density at radius 2 is 1.76 bits per heavy atom. The Balaban J connectivity index is 2.06. The lowest BCUT2D eigenvalue weighted by molar-refractivity contribution is -0.143. The van der Waals surface area contributed by atoms with Gasteiger partial charge >= 0.3 is 11.7 Å². The maximum Gasteiger partial charge on any atom is 0.328 e. The van der Waals surface area contributed by atoms with Crippen LogP contribution in [0.3, 0.4) is 0 Å². The lowest BCUT2D eigenvalue weighted by Gasteiger charge is -2.13. The van der Waals surface area contributed by atoms with Crippen LogP contribution in [0.15, 0.2) is 27.9 Å². The first-order valence-electron chi connectivity index (χ1n) is 7.76. The van der Waals surface area contributed by atoms with Gasteiger partial charge in [0, 0.05) is 17.8 Å². The van der Waals surface area contributed by atoms with Crippen LogP contribution in [-0.4, -0.2) is 27.9 Å². The molecule has 0 radical (unpaired) electrons. The third-order valence-corrected chi connectivity index (χ3v) is 4.34. The highest BCUT2D eigenvalue weighted by atomic mass is 16.5. The number of carbonyl (C=O) groups is 2. The fourth-order valence-corrected chi connectivity index (χ4v) is 2.48. The summed E-state index contributed by atoms with van der Waals surface area (Å²) in [4.78, 5) is 48.7. The predicted molar refractivity (Wildman–Crippen MR) is 92.0 cm³/mol. The number of ketones is 1. The molecular weight excluding hydrogens is 324 g/mol. The highest BCUT2D eigenvalue weighted by Gasteiger charge is 2.16. The van der Waals surface area contributed by atoms with Gasteiger partial charge in [0.25, 0.3) is 5.56 Å². The van der Waals surface area contributed by atoms with Crippen molar-refractivity contribution < 1.29 is 14.3 Å². The molecule has 0 bridgehead atoms. The zero-order valence-electron chi connectivity index (χ0n) is 14.6. The normalized spacial score (nSPS) is 10.6. The van der Waals surface area contributed by atoms with Crippen LogP contribution >= 0.6 is 0 Å². The number of H-pyrrole nitrogens is 1. The summed E-state index contributed by atoms with van der Waals surface area (Å²) in [6, 6.07) is 2.92. The van der Waals surface area contributed by atoms with Crippen molar-refractivity contribution in [1.82, 2.24) is 9.55 Å². The SMILES string of the molecule is Cc1cc(C(=O)COC(=O)Cn2ccc(=O)[nH]c2=O)c(C)c(C)c1C. The van der Waals surface area contributed by atoms with Crippen LogP contribution in [0.1, 0.15) is 32.6 Å².